The normalized spacial score (nSPS) is 13.4. The third-order valence-electron chi connectivity index (χ3n) is 1.66. The summed E-state index contributed by atoms with van der Waals surface area (Å²) in [5, 5.41) is 11.0. The summed E-state index contributed by atoms with van der Waals surface area (Å²) in [6.07, 6.45) is 2.87. The van der Waals surface area contributed by atoms with Crippen molar-refractivity contribution in [3.8, 4) is 0 Å². The molecule has 0 aliphatic heterocycles. The Morgan fingerprint density at radius 2 is 2.45 bits per heavy atom. The summed E-state index contributed by atoms with van der Waals surface area (Å²) < 4.78 is 1.72. The lowest BCUT2D eigenvalue weighted by molar-refractivity contribution is 0.599. The van der Waals surface area contributed by atoms with Gasteiger partial charge in [0.25, 0.3) is 0 Å². The average molecular weight is 154 g/mol. The van der Waals surface area contributed by atoms with Crippen LogP contribution in [-0.4, -0.2) is 28.1 Å². The number of likely N-dealkylation sites (N-methyl/N-ethyl adjacent to an activating group) is 1. The first-order chi connectivity index (χ1) is 5.22. The van der Waals surface area contributed by atoms with E-state index in [1.807, 2.05) is 20.3 Å². The van der Waals surface area contributed by atoms with Crippen LogP contribution >= 0.6 is 0 Å². The zero-order chi connectivity index (χ0) is 8.27. The van der Waals surface area contributed by atoms with Crippen molar-refractivity contribution in [2.24, 2.45) is 7.05 Å². The molecular weight excluding hydrogens is 140 g/mol. The van der Waals surface area contributed by atoms with Gasteiger partial charge in [0, 0.05) is 25.7 Å². The van der Waals surface area contributed by atoms with Gasteiger partial charge in [-0.2, -0.15) is 0 Å². The summed E-state index contributed by atoms with van der Waals surface area (Å²) in [7, 11) is 3.82. The van der Waals surface area contributed by atoms with Crippen LogP contribution in [0.2, 0.25) is 0 Å². The van der Waals surface area contributed by atoms with E-state index < -0.39 is 0 Å². The number of nitrogens with zero attached hydrogens (tertiary/aromatic N) is 3. The Kier molecular flexibility index (Phi) is 2.59. The first-order valence-electron chi connectivity index (χ1n) is 3.75. The minimum Gasteiger partial charge on any atom is -0.317 e. The molecule has 1 aromatic rings. The van der Waals surface area contributed by atoms with Crippen molar-refractivity contribution in [2.75, 3.05) is 7.05 Å². The molecular formula is C7H14N4. The Hall–Kier alpha value is -0.900. The van der Waals surface area contributed by atoms with Crippen LogP contribution in [0.15, 0.2) is 6.20 Å². The molecule has 0 aliphatic carbocycles. The largest absolute Gasteiger partial charge is 0.317 e. The second-order valence-electron chi connectivity index (χ2n) is 2.78. The van der Waals surface area contributed by atoms with Crippen molar-refractivity contribution in [1.82, 2.24) is 20.3 Å². The molecule has 4 heteroatoms. The number of nitrogens with one attached hydrogen (secondary N) is 1. The standard InChI is InChI=1S/C7H14N4/c1-6(8-2)4-7-5-11(3)10-9-7/h5-6,8H,4H2,1-3H3. The number of aryl methyl sites for hydroxylation is 1. The zero-order valence-corrected chi connectivity index (χ0v) is 7.20. The molecule has 0 radical (unpaired) electrons. The lowest BCUT2D eigenvalue weighted by Crippen LogP contribution is -2.23. The molecule has 0 bridgehead atoms. The van der Waals surface area contributed by atoms with Gasteiger partial charge in [0.05, 0.1) is 5.69 Å². The zero-order valence-electron chi connectivity index (χ0n) is 7.20. The SMILES string of the molecule is CNC(C)Cc1cn(C)nn1. The highest BCUT2D eigenvalue weighted by atomic mass is 15.4. The van der Waals surface area contributed by atoms with Crippen LogP contribution in [0.1, 0.15) is 12.6 Å². The topological polar surface area (TPSA) is 42.7 Å². The van der Waals surface area contributed by atoms with Crippen molar-refractivity contribution >= 4 is 0 Å². The molecule has 0 spiro atoms. The van der Waals surface area contributed by atoms with Gasteiger partial charge in [0.15, 0.2) is 0 Å². The fourth-order valence-corrected chi connectivity index (χ4v) is 0.905. The predicted molar refractivity (Wildman–Crippen MR) is 43.2 cm³/mol. The summed E-state index contributed by atoms with van der Waals surface area (Å²) in [4.78, 5) is 0. The van der Waals surface area contributed by atoms with E-state index in [4.69, 9.17) is 0 Å². The van der Waals surface area contributed by atoms with Gasteiger partial charge in [-0.25, -0.2) is 0 Å². The predicted octanol–water partition coefficient (Wildman–Crippen LogP) is -0.0345. The molecule has 62 valence electrons. The smallest absolute Gasteiger partial charge is 0.0842 e. The van der Waals surface area contributed by atoms with Gasteiger partial charge in [-0.15, -0.1) is 5.10 Å². The minimum atomic E-state index is 0.465. The summed E-state index contributed by atoms with van der Waals surface area (Å²) in [6.45, 7) is 2.12. The molecule has 1 heterocycles. The van der Waals surface area contributed by atoms with E-state index in [-0.39, 0.29) is 0 Å². The molecule has 11 heavy (non-hydrogen) atoms. The van der Waals surface area contributed by atoms with Gasteiger partial charge in [-0.3, -0.25) is 4.68 Å². The van der Waals surface area contributed by atoms with Gasteiger partial charge in [0.2, 0.25) is 0 Å². The van der Waals surface area contributed by atoms with Crippen molar-refractivity contribution in [1.29, 1.82) is 0 Å². The van der Waals surface area contributed by atoms with E-state index in [2.05, 4.69) is 22.6 Å². The van der Waals surface area contributed by atoms with Crippen LogP contribution in [0.25, 0.3) is 0 Å². The summed E-state index contributed by atoms with van der Waals surface area (Å²) >= 11 is 0. The van der Waals surface area contributed by atoms with Gasteiger partial charge < -0.3 is 5.32 Å². The number of hydrogen-bond donors (Lipinski definition) is 1. The molecule has 0 fully saturated rings. The number of rotatable bonds is 3. The Balaban J connectivity index is 2.50. The van der Waals surface area contributed by atoms with E-state index in [0.29, 0.717) is 6.04 Å². The van der Waals surface area contributed by atoms with Crippen LogP contribution in [0, 0.1) is 0 Å². The Bertz CT molecular complexity index is 218. The Morgan fingerprint density at radius 3 is 2.91 bits per heavy atom. The molecule has 1 rings (SSSR count). The van der Waals surface area contributed by atoms with E-state index in [1.54, 1.807) is 4.68 Å². The molecule has 1 N–H and O–H groups in total. The van der Waals surface area contributed by atoms with Crippen LogP contribution in [-0.2, 0) is 13.5 Å². The number of hydrogen-bond acceptors (Lipinski definition) is 3. The molecule has 1 atom stereocenters. The fourth-order valence-electron chi connectivity index (χ4n) is 0.905. The lowest BCUT2D eigenvalue weighted by Gasteiger charge is -2.05. The fraction of sp³-hybridized carbons (Fsp3) is 0.714. The first kappa shape index (κ1) is 8.20. The quantitative estimate of drug-likeness (QED) is 0.664. The van der Waals surface area contributed by atoms with Crippen molar-refractivity contribution in [3.05, 3.63) is 11.9 Å². The third kappa shape index (κ3) is 2.31. The van der Waals surface area contributed by atoms with Gasteiger partial charge in [-0.1, -0.05) is 5.21 Å². The maximum absolute atomic E-state index is 3.98. The molecule has 0 amide bonds. The Morgan fingerprint density at radius 1 is 1.73 bits per heavy atom. The first-order valence-corrected chi connectivity index (χ1v) is 3.75. The van der Waals surface area contributed by atoms with Crippen molar-refractivity contribution in [3.63, 3.8) is 0 Å². The molecule has 0 aliphatic rings. The van der Waals surface area contributed by atoms with Crippen LogP contribution < -0.4 is 5.32 Å². The summed E-state index contributed by atoms with van der Waals surface area (Å²) in [6, 6.07) is 0.465. The average Bonchev–Trinajstić information content (AvgIpc) is 2.35. The second kappa shape index (κ2) is 3.48. The summed E-state index contributed by atoms with van der Waals surface area (Å²) in [5.41, 5.74) is 1.04. The van der Waals surface area contributed by atoms with Gasteiger partial charge >= 0.3 is 0 Å². The Labute approximate surface area is 66.6 Å². The van der Waals surface area contributed by atoms with Gasteiger partial charge in [-0.05, 0) is 14.0 Å². The highest BCUT2D eigenvalue weighted by molar-refractivity contribution is 4.94. The highest BCUT2D eigenvalue weighted by Crippen LogP contribution is 1.96. The molecule has 0 saturated heterocycles. The molecule has 1 unspecified atom stereocenters. The van der Waals surface area contributed by atoms with E-state index in [9.17, 15) is 0 Å². The van der Waals surface area contributed by atoms with Crippen molar-refractivity contribution in [2.45, 2.75) is 19.4 Å². The van der Waals surface area contributed by atoms with Gasteiger partial charge in [0.1, 0.15) is 0 Å². The van der Waals surface area contributed by atoms with E-state index >= 15 is 0 Å². The highest BCUT2D eigenvalue weighted by Gasteiger charge is 2.02. The molecule has 0 saturated carbocycles. The third-order valence-corrected chi connectivity index (χ3v) is 1.66. The second-order valence-corrected chi connectivity index (χ2v) is 2.78. The molecule has 1 aromatic heterocycles. The monoisotopic (exact) mass is 154 g/mol. The number of aromatic nitrogens is 3. The van der Waals surface area contributed by atoms with E-state index in [0.717, 1.165) is 12.1 Å². The maximum atomic E-state index is 3.98. The summed E-state index contributed by atoms with van der Waals surface area (Å²) in [5.74, 6) is 0. The van der Waals surface area contributed by atoms with E-state index in [1.165, 1.54) is 0 Å². The van der Waals surface area contributed by atoms with Crippen LogP contribution in [0.5, 0.6) is 0 Å². The van der Waals surface area contributed by atoms with Crippen LogP contribution in [0.4, 0.5) is 0 Å². The van der Waals surface area contributed by atoms with Crippen LogP contribution in [0.3, 0.4) is 0 Å². The molecule has 0 aromatic carbocycles. The maximum Gasteiger partial charge on any atom is 0.0842 e. The minimum absolute atomic E-state index is 0.465. The lowest BCUT2D eigenvalue weighted by atomic mass is 10.2. The van der Waals surface area contributed by atoms with Crippen molar-refractivity contribution < 1.29 is 0 Å². The molecule has 4 nitrogen and oxygen atoms in total.